The summed E-state index contributed by atoms with van der Waals surface area (Å²) >= 11 is 0. The fourth-order valence-corrected chi connectivity index (χ4v) is 9.76. The van der Waals surface area contributed by atoms with E-state index < -0.39 is 32.5 Å². The summed E-state index contributed by atoms with van der Waals surface area (Å²) in [5.74, 6) is -0.973. The van der Waals surface area contributed by atoms with Crippen LogP contribution in [-0.2, 0) is 32.7 Å². The third kappa shape index (κ3) is 60.8. The van der Waals surface area contributed by atoms with Gasteiger partial charge in [-0.2, -0.15) is 0 Å². The molecule has 9 nitrogen and oxygen atoms in total. The topological polar surface area (TPSA) is 111 Å². The molecule has 0 aliphatic rings. The molecule has 0 aromatic heterocycles. The van der Waals surface area contributed by atoms with Gasteiger partial charge in [0.25, 0.3) is 7.82 Å². The SMILES string of the molecule is CC/C=C\C/C=C\C/C=C\C/C=C\C/C=C\CC(=O)OC(COC(=O)CCCCCCCCCCCCCCCCCCCCCCCCCCCCCCCCCCCCCC)COP(=O)([O-])OCC[N+](C)(C)C. The molecule has 0 bridgehead atoms. The zero-order chi connectivity index (χ0) is 54.9. The van der Waals surface area contributed by atoms with Crippen LogP contribution in [0.1, 0.15) is 290 Å². The van der Waals surface area contributed by atoms with Crippen LogP contribution in [0.3, 0.4) is 0 Å². The number of unbranched alkanes of at least 4 members (excludes halogenated alkanes) is 35. The molecule has 0 aromatic carbocycles. The first kappa shape index (κ1) is 72.7. The van der Waals surface area contributed by atoms with Crippen molar-refractivity contribution in [3.63, 3.8) is 0 Å². The minimum Gasteiger partial charge on any atom is -0.756 e. The number of hydrogen-bond donors (Lipinski definition) is 0. The molecule has 0 N–H and O–H groups in total. The van der Waals surface area contributed by atoms with E-state index in [1.807, 2.05) is 33.3 Å². The standard InChI is InChI=1S/C65H120NO8P/c1-6-8-10-12-14-16-18-20-22-23-24-25-26-27-28-29-30-31-32-33-34-35-36-37-38-39-40-41-42-44-45-47-49-51-53-55-57-64(67)71-61-63(62-73-75(69,70)72-60-59-66(3,4)5)74-65(68)58-56-54-52-50-48-46-43-21-19-17-15-13-11-9-7-2/h9,11,15,17,21,43,48,50,54,56,63H,6-8,10,12-14,16,18-20,22-42,44-47,49,51-53,55,57-62H2,1-5H3/b11-9-,17-15-,43-21-,50-48-,56-54-. The lowest BCUT2D eigenvalue weighted by molar-refractivity contribution is -0.870. The Kier molecular flexibility index (Phi) is 54.7. The van der Waals surface area contributed by atoms with Crippen molar-refractivity contribution < 1.29 is 42.1 Å². The number of phosphoric acid groups is 1. The van der Waals surface area contributed by atoms with Gasteiger partial charge in [0.2, 0.25) is 0 Å². The van der Waals surface area contributed by atoms with E-state index in [0.717, 1.165) is 44.9 Å². The van der Waals surface area contributed by atoms with Gasteiger partial charge in [0, 0.05) is 6.42 Å². The first-order valence-corrected chi connectivity index (χ1v) is 33.0. The number of quaternary nitrogens is 1. The number of ether oxygens (including phenoxy) is 2. The number of hydrogen-bond acceptors (Lipinski definition) is 8. The second-order valence-corrected chi connectivity index (χ2v) is 23.8. The van der Waals surface area contributed by atoms with Gasteiger partial charge in [-0.15, -0.1) is 0 Å². The van der Waals surface area contributed by atoms with Gasteiger partial charge in [0.1, 0.15) is 19.8 Å². The van der Waals surface area contributed by atoms with Crippen LogP contribution < -0.4 is 4.89 Å². The normalized spacial score (nSPS) is 13.6. The van der Waals surface area contributed by atoms with E-state index >= 15 is 0 Å². The third-order valence-electron chi connectivity index (χ3n) is 13.8. The number of rotatable bonds is 58. The van der Waals surface area contributed by atoms with Crippen molar-refractivity contribution in [2.24, 2.45) is 0 Å². The van der Waals surface area contributed by atoms with Gasteiger partial charge in [0.15, 0.2) is 6.10 Å². The number of likely N-dealkylation sites (N-methyl/N-ethyl adjacent to an activating group) is 1. The van der Waals surface area contributed by atoms with E-state index in [9.17, 15) is 19.0 Å². The molecule has 75 heavy (non-hydrogen) atoms. The highest BCUT2D eigenvalue weighted by Crippen LogP contribution is 2.38. The Morgan fingerprint density at radius 1 is 0.427 bits per heavy atom. The summed E-state index contributed by atoms with van der Waals surface area (Å²) < 4.78 is 34.0. The molecule has 0 heterocycles. The molecule has 0 spiro atoms. The molecule has 0 aromatic rings. The maximum absolute atomic E-state index is 12.7. The molecule has 2 atom stereocenters. The highest BCUT2D eigenvalue weighted by Gasteiger charge is 2.21. The van der Waals surface area contributed by atoms with Crippen LogP contribution in [0.2, 0.25) is 0 Å². The van der Waals surface area contributed by atoms with Crippen molar-refractivity contribution in [1.29, 1.82) is 0 Å². The minimum absolute atomic E-state index is 0.00719. The van der Waals surface area contributed by atoms with E-state index in [1.54, 1.807) is 6.08 Å². The lowest BCUT2D eigenvalue weighted by atomic mass is 10.0. The third-order valence-corrected chi connectivity index (χ3v) is 14.8. The first-order valence-electron chi connectivity index (χ1n) is 31.5. The average Bonchev–Trinajstić information content (AvgIpc) is 3.37. The molecule has 0 radical (unpaired) electrons. The quantitative estimate of drug-likeness (QED) is 0.0195. The Morgan fingerprint density at radius 3 is 1.08 bits per heavy atom. The second kappa shape index (κ2) is 56.4. The smallest absolute Gasteiger partial charge is 0.310 e. The predicted molar refractivity (Wildman–Crippen MR) is 319 cm³/mol. The fraction of sp³-hybridized carbons (Fsp3) is 0.815. The van der Waals surface area contributed by atoms with Crippen LogP contribution in [0.15, 0.2) is 60.8 Å². The molecule has 0 fully saturated rings. The van der Waals surface area contributed by atoms with Gasteiger partial charge in [0.05, 0.1) is 34.2 Å². The molecule has 0 amide bonds. The summed E-state index contributed by atoms with van der Waals surface area (Å²) in [6.45, 7) is 4.04. The number of carbonyl (C=O) groups is 2. The lowest BCUT2D eigenvalue weighted by Gasteiger charge is -2.28. The first-order chi connectivity index (χ1) is 36.5. The monoisotopic (exact) mass is 1070 g/mol. The minimum atomic E-state index is -4.66. The van der Waals surface area contributed by atoms with Gasteiger partial charge >= 0.3 is 11.9 Å². The van der Waals surface area contributed by atoms with Crippen LogP contribution in [0.4, 0.5) is 0 Å². The summed E-state index contributed by atoms with van der Waals surface area (Å²) in [5, 5.41) is 0. The van der Waals surface area contributed by atoms with Gasteiger partial charge in [-0.3, -0.25) is 14.2 Å². The Labute approximate surface area is 464 Å². The summed E-state index contributed by atoms with van der Waals surface area (Å²) in [6, 6.07) is 0. The maximum atomic E-state index is 12.7. The second-order valence-electron chi connectivity index (χ2n) is 22.4. The lowest BCUT2D eigenvalue weighted by Crippen LogP contribution is -2.37. The Hall–Kier alpha value is -2.29. The maximum Gasteiger partial charge on any atom is 0.310 e. The highest BCUT2D eigenvalue weighted by atomic mass is 31.2. The number of esters is 2. The summed E-state index contributed by atoms with van der Waals surface area (Å²) in [4.78, 5) is 37.7. The molecule has 10 heteroatoms. The molecule has 2 unspecified atom stereocenters. The van der Waals surface area contributed by atoms with Crippen molar-refractivity contribution in [2.45, 2.75) is 296 Å². The van der Waals surface area contributed by atoms with Crippen LogP contribution in [0.5, 0.6) is 0 Å². The van der Waals surface area contributed by atoms with Crippen molar-refractivity contribution in [3.8, 4) is 0 Å². The Morgan fingerprint density at radius 2 is 0.747 bits per heavy atom. The number of nitrogens with zero attached hydrogens (tertiary/aromatic N) is 1. The summed E-state index contributed by atoms with van der Waals surface area (Å²) in [7, 11) is 1.11. The van der Waals surface area contributed by atoms with Gasteiger partial charge in [-0.25, -0.2) is 0 Å². The highest BCUT2D eigenvalue weighted by molar-refractivity contribution is 7.45. The van der Waals surface area contributed by atoms with Crippen molar-refractivity contribution in [3.05, 3.63) is 60.8 Å². The van der Waals surface area contributed by atoms with E-state index in [2.05, 4.69) is 56.4 Å². The molecule has 438 valence electrons. The zero-order valence-corrected chi connectivity index (χ0v) is 50.6. The van der Waals surface area contributed by atoms with E-state index in [4.69, 9.17) is 18.5 Å². The van der Waals surface area contributed by atoms with Crippen molar-refractivity contribution in [2.75, 3.05) is 47.5 Å². The van der Waals surface area contributed by atoms with Crippen LogP contribution in [0.25, 0.3) is 0 Å². The molecule has 0 saturated carbocycles. The Bertz CT molecular complexity index is 1450. The number of allylic oxidation sites excluding steroid dienone is 9. The van der Waals surface area contributed by atoms with Crippen molar-refractivity contribution in [1.82, 2.24) is 0 Å². The summed E-state index contributed by atoms with van der Waals surface area (Å²) in [6.07, 6.45) is 73.6. The molecule has 0 aliphatic carbocycles. The van der Waals surface area contributed by atoms with Gasteiger partial charge in [-0.05, 0) is 38.5 Å². The van der Waals surface area contributed by atoms with Gasteiger partial charge in [-0.1, -0.05) is 299 Å². The van der Waals surface area contributed by atoms with Crippen LogP contribution >= 0.6 is 7.82 Å². The van der Waals surface area contributed by atoms with E-state index in [0.29, 0.717) is 17.4 Å². The van der Waals surface area contributed by atoms with Crippen LogP contribution in [-0.4, -0.2) is 70.0 Å². The molecule has 0 rings (SSSR count). The molecular formula is C65H120NO8P. The fourth-order valence-electron chi connectivity index (χ4n) is 9.03. The van der Waals surface area contributed by atoms with E-state index in [-0.39, 0.29) is 26.1 Å². The van der Waals surface area contributed by atoms with Crippen LogP contribution in [0, 0.1) is 0 Å². The number of phosphoric ester groups is 1. The molecule has 0 saturated heterocycles. The van der Waals surface area contributed by atoms with E-state index in [1.165, 1.54) is 212 Å². The number of carbonyl (C=O) groups excluding carboxylic acids is 2. The Balaban J connectivity index is 3.95. The largest absolute Gasteiger partial charge is 0.756 e. The van der Waals surface area contributed by atoms with Gasteiger partial charge < -0.3 is 27.9 Å². The zero-order valence-electron chi connectivity index (χ0n) is 49.7. The predicted octanol–water partition coefficient (Wildman–Crippen LogP) is 19.2. The molecular weight excluding hydrogens is 954 g/mol. The summed E-state index contributed by atoms with van der Waals surface area (Å²) in [5.41, 5.74) is 0. The molecule has 0 aliphatic heterocycles. The van der Waals surface area contributed by atoms with Crippen molar-refractivity contribution >= 4 is 19.8 Å². The average molecular weight is 1070 g/mol.